The fourth-order valence-electron chi connectivity index (χ4n) is 1.88. The number of carbonyl (C=O) groups is 1. The molecule has 1 N–H and O–H groups in total. The number of hydrogen-bond donors (Lipinski definition) is 1. The first kappa shape index (κ1) is 12.7. The van der Waals surface area contributed by atoms with Gasteiger partial charge in [-0.3, -0.25) is 4.79 Å². The van der Waals surface area contributed by atoms with Gasteiger partial charge in [0.1, 0.15) is 23.7 Å². The molecule has 3 rings (SSSR count). The van der Waals surface area contributed by atoms with E-state index in [-0.39, 0.29) is 11.4 Å². The molecule has 0 radical (unpaired) electrons. The molecule has 0 unspecified atom stereocenters. The van der Waals surface area contributed by atoms with Gasteiger partial charge in [-0.2, -0.15) is 0 Å². The van der Waals surface area contributed by atoms with E-state index in [1.165, 1.54) is 12.4 Å². The van der Waals surface area contributed by atoms with Gasteiger partial charge in [0.15, 0.2) is 0 Å². The minimum absolute atomic E-state index is 0.0806. The molecule has 102 valence electrons. The number of carbonyl (C=O) groups excluding carboxylic acids is 1. The number of nitrogens with zero attached hydrogens (tertiary/aromatic N) is 2. The van der Waals surface area contributed by atoms with Crippen LogP contribution in [-0.4, -0.2) is 15.9 Å². The van der Waals surface area contributed by atoms with Crippen molar-refractivity contribution in [3.8, 4) is 0 Å². The van der Waals surface area contributed by atoms with Crippen molar-refractivity contribution in [1.82, 2.24) is 9.97 Å². The zero-order valence-corrected chi connectivity index (χ0v) is 10.4. The Hall–Kier alpha value is -2.37. The summed E-state index contributed by atoms with van der Waals surface area (Å²) in [6.07, 6.45) is 3.44. The van der Waals surface area contributed by atoms with Gasteiger partial charge in [0.25, 0.3) is 5.91 Å². The average Bonchev–Trinajstić information content (AvgIpc) is 3.26. The Labute approximate surface area is 113 Å². The van der Waals surface area contributed by atoms with Crippen molar-refractivity contribution in [2.24, 2.45) is 0 Å². The van der Waals surface area contributed by atoms with Gasteiger partial charge < -0.3 is 5.32 Å². The van der Waals surface area contributed by atoms with E-state index in [2.05, 4.69) is 15.3 Å². The Kier molecular flexibility index (Phi) is 3.14. The number of rotatable bonds is 3. The van der Waals surface area contributed by atoms with Gasteiger partial charge in [-0.25, -0.2) is 18.7 Å². The van der Waals surface area contributed by atoms with Gasteiger partial charge in [0.2, 0.25) is 0 Å². The van der Waals surface area contributed by atoms with Crippen LogP contribution >= 0.6 is 0 Å². The molecule has 1 aromatic carbocycles. The highest BCUT2D eigenvalue weighted by atomic mass is 19.1. The molecular formula is C14H11F2N3O. The first-order chi connectivity index (χ1) is 9.63. The molecule has 0 spiro atoms. The van der Waals surface area contributed by atoms with Crippen LogP contribution in [-0.2, 0) is 0 Å². The summed E-state index contributed by atoms with van der Waals surface area (Å²) in [5.41, 5.74) is 0.915. The molecule has 1 amide bonds. The summed E-state index contributed by atoms with van der Waals surface area (Å²) in [5.74, 6) is -1.67. The lowest BCUT2D eigenvalue weighted by Crippen LogP contribution is -2.15. The molecule has 4 nitrogen and oxygen atoms in total. The maximum atomic E-state index is 13.5. The number of nitrogens with one attached hydrogen (secondary N) is 1. The summed E-state index contributed by atoms with van der Waals surface area (Å²) >= 11 is 0. The van der Waals surface area contributed by atoms with Crippen molar-refractivity contribution in [3.05, 3.63) is 53.6 Å². The number of hydrogen-bond acceptors (Lipinski definition) is 3. The molecule has 1 aliphatic rings. The minimum Gasteiger partial charge on any atom is -0.318 e. The van der Waals surface area contributed by atoms with Crippen molar-refractivity contribution in [2.45, 2.75) is 18.8 Å². The zero-order chi connectivity index (χ0) is 14.1. The fourth-order valence-corrected chi connectivity index (χ4v) is 1.88. The van der Waals surface area contributed by atoms with Crippen LogP contribution in [0.2, 0.25) is 0 Å². The second kappa shape index (κ2) is 4.96. The topological polar surface area (TPSA) is 54.9 Å². The van der Waals surface area contributed by atoms with Gasteiger partial charge in [-0.05, 0) is 31.0 Å². The highest BCUT2D eigenvalue weighted by Gasteiger charge is 2.26. The van der Waals surface area contributed by atoms with Crippen molar-refractivity contribution in [2.75, 3.05) is 5.32 Å². The van der Waals surface area contributed by atoms with E-state index in [4.69, 9.17) is 0 Å². The summed E-state index contributed by atoms with van der Waals surface area (Å²) < 4.78 is 26.2. The molecule has 1 fully saturated rings. The van der Waals surface area contributed by atoms with Crippen molar-refractivity contribution in [1.29, 1.82) is 0 Å². The standard InChI is InChI=1S/C14H11F2N3O/c15-9-3-4-11(10(16)5-9)19-14(20)13-6-12(8-1-2-8)17-7-18-13/h3-8H,1-2H2,(H,19,20). The van der Waals surface area contributed by atoms with Crippen LogP contribution in [0.5, 0.6) is 0 Å². The van der Waals surface area contributed by atoms with Crippen LogP contribution < -0.4 is 5.32 Å². The average molecular weight is 275 g/mol. The number of halogens is 2. The third-order valence-corrected chi connectivity index (χ3v) is 3.10. The fraction of sp³-hybridized carbons (Fsp3) is 0.214. The van der Waals surface area contributed by atoms with Gasteiger partial charge in [-0.1, -0.05) is 0 Å². The van der Waals surface area contributed by atoms with Gasteiger partial charge >= 0.3 is 0 Å². The zero-order valence-electron chi connectivity index (χ0n) is 10.4. The van der Waals surface area contributed by atoms with E-state index < -0.39 is 17.5 Å². The minimum atomic E-state index is -0.824. The van der Waals surface area contributed by atoms with Gasteiger partial charge in [0.05, 0.1) is 5.69 Å². The lowest BCUT2D eigenvalue weighted by atomic mass is 10.2. The van der Waals surface area contributed by atoms with Crippen LogP contribution in [0.4, 0.5) is 14.5 Å². The molecule has 1 aliphatic carbocycles. The Morgan fingerprint density at radius 3 is 2.70 bits per heavy atom. The summed E-state index contributed by atoms with van der Waals surface area (Å²) in [4.78, 5) is 20.0. The molecule has 2 aromatic rings. The van der Waals surface area contributed by atoms with Crippen LogP contribution in [0.1, 0.15) is 34.9 Å². The second-order valence-electron chi connectivity index (χ2n) is 4.68. The Bertz CT molecular complexity index is 671. The summed E-state index contributed by atoms with van der Waals surface area (Å²) in [6, 6.07) is 4.57. The Morgan fingerprint density at radius 2 is 2.00 bits per heavy atom. The molecule has 1 aromatic heterocycles. The SMILES string of the molecule is O=C(Nc1ccc(F)cc1F)c1cc(C2CC2)ncn1. The molecule has 6 heteroatoms. The highest BCUT2D eigenvalue weighted by Crippen LogP contribution is 2.38. The molecular weight excluding hydrogens is 264 g/mol. The quantitative estimate of drug-likeness (QED) is 0.937. The van der Waals surface area contributed by atoms with E-state index in [1.807, 2.05) is 0 Å². The molecule has 1 saturated carbocycles. The molecule has 0 saturated heterocycles. The molecule has 0 bridgehead atoms. The molecule has 1 heterocycles. The van der Waals surface area contributed by atoms with Crippen molar-refractivity contribution < 1.29 is 13.6 Å². The summed E-state index contributed by atoms with van der Waals surface area (Å²) in [7, 11) is 0. The van der Waals surface area contributed by atoms with E-state index in [0.717, 1.165) is 24.6 Å². The Morgan fingerprint density at radius 1 is 1.20 bits per heavy atom. The van der Waals surface area contributed by atoms with E-state index >= 15 is 0 Å². The van der Waals surface area contributed by atoms with E-state index in [9.17, 15) is 13.6 Å². The molecule has 0 aliphatic heterocycles. The third kappa shape index (κ3) is 2.64. The van der Waals surface area contributed by atoms with Gasteiger partial charge in [0, 0.05) is 17.7 Å². The van der Waals surface area contributed by atoms with Crippen LogP contribution in [0.3, 0.4) is 0 Å². The van der Waals surface area contributed by atoms with Gasteiger partial charge in [-0.15, -0.1) is 0 Å². The van der Waals surface area contributed by atoms with E-state index in [0.29, 0.717) is 12.0 Å². The number of benzene rings is 1. The molecule has 0 atom stereocenters. The lowest BCUT2D eigenvalue weighted by molar-refractivity contribution is 0.102. The van der Waals surface area contributed by atoms with Crippen molar-refractivity contribution in [3.63, 3.8) is 0 Å². The lowest BCUT2D eigenvalue weighted by Gasteiger charge is -2.06. The largest absolute Gasteiger partial charge is 0.318 e. The molecule has 20 heavy (non-hydrogen) atoms. The predicted molar refractivity (Wildman–Crippen MR) is 68.3 cm³/mol. The van der Waals surface area contributed by atoms with Crippen LogP contribution in [0, 0.1) is 11.6 Å². The summed E-state index contributed by atoms with van der Waals surface area (Å²) in [5, 5.41) is 2.37. The van der Waals surface area contributed by atoms with E-state index in [1.54, 1.807) is 6.07 Å². The smallest absolute Gasteiger partial charge is 0.274 e. The predicted octanol–water partition coefficient (Wildman–Crippen LogP) is 2.88. The Balaban J connectivity index is 1.80. The van der Waals surface area contributed by atoms with Crippen molar-refractivity contribution >= 4 is 11.6 Å². The third-order valence-electron chi connectivity index (χ3n) is 3.10. The first-order valence-corrected chi connectivity index (χ1v) is 6.22. The van der Waals surface area contributed by atoms with Crippen LogP contribution in [0.15, 0.2) is 30.6 Å². The number of aromatic nitrogens is 2. The monoisotopic (exact) mass is 275 g/mol. The normalized spacial score (nSPS) is 14.1. The highest BCUT2D eigenvalue weighted by molar-refractivity contribution is 6.02. The van der Waals surface area contributed by atoms with Crippen LogP contribution in [0.25, 0.3) is 0 Å². The second-order valence-corrected chi connectivity index (χ2v) is 4.68. The maximum Gasteiger partial charge on any atom is 0.274 e. The summed E-state index contributed by atoms with van der Waals surface area (Å²) in [6.45, 7) is 0. The first-order valence-electron chi connectivity index (χ1n) is 6.22. The number of anilines is 1. The maximum absolute atomic E-state index is 13.5. The number of amides is 1.